The topological polar surface area (TPSA) is 54.7 Å². The van der Waals surface area contributed by atoms with E-state index in [1.54, 1.807) is 0 Å². The van der Waals surface area contributed by atoms with Gasteiger partial charge >= 0.3 is 0 Å². The monoisotopic (exact) mass is 269 g/mol. The first-order valence-electron chi connectivity index (χ1n) is 5.91. The zero-order chi connectivity index (χ0) is 13.2. The normalized spacial score (nSPS) is 10.6. The van der Waals surface area contributed by atoms with Gasteiger partial charge in [0.2, 0.25) is 0 Å². The first-order valence-corrected chi connectivity index (χ1v) is 6.29. The Hall–Kier alpha value is -2.26. The van der Waals surface area contributed by atoms with Gasteiger partial charge in [0.15, 0.2) is 5.82 Å². The molecule has 0 saturated heterocycles. The maximum atomic E-state index is 6.25. The van der Waals surface area contributed by atoms with Gasteiger partial charge in [0.1, 0.15) is 0 Å². The predicted octanol–water partition coefficient (Wildman–Crippen LogP) is 3.98. The molecule has 0 aliphatic carbocycles. The summed E-state index contributed by atoms with van der Waals surface area (Å²) in [4.78, 5) is 0. The summed E-state index contributed by atoms with van der Waals surface area (Å²) in [5, 5.41) is 7.75. The van der Waals surface area contributed by atoms with Crippen LogP contribution in [-0.4, -0.2) is 10.2 Å². The molecule has 0 radical (unpaired) electrons. The Labute approximate surface area is 116 Å². The van der Waals surface area contributed by atoms with Gasteiger partial charge in [-0.1, -0.05) is 60.1 Å². The molecule has 0 spiro atoms. The van der Waals surface area contributed by atoms with Crippen molar-refractivity contribution >= 4 is 17.4 Å². The van der Waals surface area contributed by atoms with Gasteiger partial charge in [-0.25, -0.2) is 0 Å². The number of anilines is 1. The molecule has 19 heavy (non-hydrogen) atoms. The summed E-state index contributed by atoms with van der Waals surface area (Å²) >= 11 is 6.25. The van der Waals surface area contributed by atoms with Gasteiger partial charge in [-0.05, 0) is 6.07 Å². The quantitative estimate of drug-likeness (QED) is 0.739. The molecule has 1 heterocycles. The lowest BCUT2D eigenvalue weighted by atomic mass is 10.0. The van der Waals surface area contributed by atoms with E-state index in [0.717, 1.165) is 22.4 Å². The summed E-state index contributed by atoms with van der Waals surface area (Å²) in [5.41, 5.74) is 9.62. The summed E-state index contributed by atoms with van der Waals surface area (Å²) in [7, 11) is 0. The van der Waals surface area contributed by atoms with E-state index >= 15 is 0 Å². The van der Waals surface area contributed by atoms with Crippen molar-refractivity contribution < 1.29 is 0 Å². The Morgan fingerprint density at radius 2 is 1.63 bits per heavy atom. The second-order valence-electron chi connectivity index (χ2n) is 4.20. The van der Waals surface area contributed by atoms with Crippen LogP contribution < -0.4 is 5.73 Å². The van der Waals surface area contributed by atoms with Crippen LogP contribution in [0.4, 0.5) is 5.82 Å². The van der Waals surface area contributed by atoms with Crippen LogP contribution in [0.25, 0.3) is 22.4 Å². The molecule has 0 amide bonds. The average Bonchev–Trinajstić information content (AvgIpc) is 2.82. The van der Waals surface area contributed by atoms with Crippen LogP contribution in [0, 0.1) is 0 Å². The largest absolute Gasteiger partial charge is 0.382 e. The molecule has 94 valence electrons. The molecule has 3 N–H and O–H groups in total. The van der Waals surface area contributed by atoms with Crippen LogP contribution >= 0.6 is 11.6 Å². The molecule has 0 atom stereocenters. The number of nitrogens with one attached hydrogen (secondary N) is 1. The van der Waals surface area contributed by atoms with E-state index < -0.39 is 0 Å². The summed E-state index contributed by atoms with van der Waals surface area (Å²) in [6.45, 7) is 0. The fraction of sp³-hybridized carbons (Fsp3) is 0. The molecule has 2 aromatic carbocycles. The molecular weight excluding hydrogens is 258 g/mol. The Balaban J connectivity index is 2.23. The number of halogens is 1. The van der Waals surface area contributed by atoms with E-state index in [2.05, 4.69) is 10.2 Å². The van der Waals surface area contributed by atoms with Gasteiger partial charge in [0, 0.05) is 16.1 Å². The van der Waals surface area contributed by atoms with E-state index in [4.69, 9.17) is 17.3 Å². The van der Waals surface area contributed by atoms with Gasteiger partial charge < -0.3 is 5.73 Å². The van der Waals surface area contributed by atoms with E-state index in [0.29, 0.717) is 10.8 Å². The maximum Gasteiger partial charge on any atom is 0.153 e. The number of aromatic amines is 1. The first kappa shape index (κ1) is 11.8. The second-order valence-corrected chi connectivity index (χ2v) is 4.61. The molecule has 0 saturated carbocycles. The summed E-state index contributed by atoms with van der Waals surface area (Å²) in [5.74, 6) is 0.451. The van der Waals surface area contributed by atoms with Crippen molar-refractivity contribution in [1.82, 2.24) is 10.2 Å². The van der Waals surface area contributed by atoms with Crippen LogP contribution in [0.1, 0.15) is 0 Å². The smallest absolute Gasteiger partial charge is 0.153 e. The molecule has 0 bridgehead atoms. The van der Waals surface area contributed by atoms with Gasteiger partial charge in [-0.2, -0.15) is 5.10 Å². The molecule has 0 aliphatic rings. The number of nitrogens with zero attached hydrogens (tertiary/aromatic N) is 1. The van der Waals surface area contributed by atoms with E-state index in [1.165, 1.54) is 0 Å². The lowest BCUT2D eigenvalue weighted by Gasteiger charge is -2.06. The fourth-order valence-corrected chi connectivity index (χ4v) is 2.34. The van der Waals surface area contributed by atoms with Crippen molar-refractivity contribution in [3.05, 3.63) is 59.6 Å². The van der Waals surface area contributed by atoms with Crippen molar-refractivity contribution in [2.24, 2.45) is 0 Å². The van der Waals surface area contributed by atoms with Gasteiger partial charge in [0.05, 0.1) is 11.3 Å². The highest BCUT2D eigenvalue weighted by atomic mass is 35.5. The average molecular weight is 270 g/mol. The highest BCUT2D eigenvalue weighted by Crippen LogP contribution is 2.37. The molecule has 1 aromatic heterocycles. The molecule has 3 aromatic rings. The Kier molecular flexibility index (Phi) is 2.97. The number of rotatable bonds is 2. The van der Waals surface area contributed by atoms with E-state index in [-0.39, 0.29) is 0 Å². The summed E-state index contributed by atoms with van der Waals surface area (Å²) in [6, 6.07) is 17.5. The molecule has 0 aliphatic heterocycles. The van der Waals surface area contributed by atoms with Crippen LogP contribution in [-0.2, 0) is 0 Å². The third-order valence-corrected chi connectivity index (χ3v) is 3.33. The standard InChI is InChI=1S/C15H12ClN3/c16-12-9-5-4-8-11(12)13-14(18-19-15(13)17)10-6-2-1-3-7-10/h1-9H,(H3,17,18,19). The molecule has 0 unspecified atom stereocenters. The number of hydrogen-bond acceptors (Lipinski definition) is 2. The van der Waals surface area contributed by atoms with Crippen molar-refractivity contribution in [2.45, 2.75) is 0 Å². The van der Waals surface area contributed by atoms with Crippen LogP contribution in [0.3, 0.4) is 0 Å². The number of nitrogens with two attached hydrogens (primary N) is 1. The van der Waals surface area contributed by atoms with Crippen LogP contribution in [0.5, 0.6) is 0 Å². The Morgan fingerprint density at radius 1 is 0.947 bits per heavy atom. The highest BCUT2D eigenvalue weighted by molar-refractivity contribution is 6.33. The predicted molar refractivity (Wildman–Crippen MR) is 78.9 cm³/mol. The number of H-pyrrole nitrogens is 1. The van der Waals surface area contributed by atoms with Crippen molar-refractivity contribution in [3.63, 3.8) is 0 Å². The molecule has 4 heteroatoms. The molecule has 3 rings (SSSR count). The molecule has 0 fully saturated rings. The molecule has 3 nitrogen and oxygen atoms in total. The fourth-order valence-electron chi connectivity index (χ4n) is 2.11. The van der Waals surface area contributed by atoms with Crippen molar-refractivity contribution in [1.29, 1.82) is 0 Å². The second kappa shape index (κ2) is 4.78. The lowest BCUT2D eigenvalue weighted by molar-refractivity contribution is 1.10. The van der Waals surface area contributed by atoms with Gasteiger partial charge in [-0.15, -0.1) is 0 Å². The minimum absolute atomic E-state index is 0.451. The third-order valence-electron chi connectivity index (χ3n) is 3.00. The minimum atomic E-state index is 0.451. The lowest BCUT2D eigenvalue weighted by Crippen LogP contribution is -1.89. The van der Waals surface area contributed by atoms with E-state index in [1.807, 2.05) is 54.6 Å². The summed E-state index contributed by atoms with van der Waals surface area (Å²) < 4.78 is 0. The Morgan fingerprint density at radius 3 is 2.37 bits per heavy atom. The first-order chi connectivity index (χ1) is 9.27. The van der Waals surface area contributed by atoms with Crippen molar-refractivity contribution in [2.75, 3.05) is 5.73 Å². The molecular formula is C15H12ClN3. The maximum absolute atomic E-state index is 6.25. The minimum Gasteiger partial charge on any atom is -0.382 e. The van der Waals surface area contributed by atoms with Crippen LogP contribution in [0.2, 0.25) is 5.02 Å². The van der Waals surface area contributed by atoms with Gasteiger partial charge in [0.25, 0.3) is 0 Å². The highest BCUT2D eigenvalue weighted by Gasteiger charge is 2.16. The van der Waals surface area contributed by atoms with E-state index in [9.17, 15) is 0 Å². The number of aromatic nitrogens is 2. The Bertz CT molecular complexity index is 704. The number of benzene rings is 2. The van der Waals surface area contributed by atoms with Crippen molar-refractivity contribution in [3.8, 4) is 22.4 Å². The third kappa shape index (κ3) is 2.09. The summed E-state index contributed by atoms with van der Waals surface area (Å²) in [6.07, 6.45) is 0. The zero-order valence-corrected chi connectivity index (χ0v) is 10.9. The SMILES string of the molecule is Nc1n[nH]c(-c2ccccc2)c1-c1ccccc1Cl. The number of hydrogen-bond donors (Lipinski definition) is 2. The number of nitrogen functional groups attached to an aromatic ring is 1. The van der Waals surface area contributed by atoms with Gasteiger partial charge in [-0.3, -0.25) is 5.10 Å². The van der Waals surface area contributed by atoms with Crippen LogP contribution in [0.15, 0.2) is 54.6 Å². The zero-order valence-electron chi connectivity index (χ0n) is 10.1.